The summed E-state index contributed by atoms with van der Waals surface area (Å²) in [7, 11) is 0. The van der Waals surface area contributed by atoms with Crippen LogP contribution in [-0.2, 0) is 9.47 Å². The lowest BCUT2D eigenvalue weighted by Crippen LogP contribution is -2.45. The summed E-state index contributed by atoms with van der Waals surface area (Å²) in [5.74, 6) is -0.613. The van der Waals surface area contributed by atoms with Gasteiger partial charge in [-0.05, 0) is 24.3 Å². The molecule has 1 aromatic heterocycles. The molecule has 4 nitrogen and oxygen atoms in total. The molecule has 21 heavy (non-hydrogen) atoms. The van der Waals surface area contributed by atoms with Crippen molar-refractivity contribution >= 4 is 16.6 Å². The maximum absolute atomic E-state index is 13.9. The van der Waals surface area contributed by atoms with E-state index in [1.165, 1.54) is 6.07 Å². The van der Waals surface area contributed by atoms with Gasteiger partial charge >= 0.3 is 0 Å². The molecule has 0 bridgehead atoms. The molecule has 0 atom stereocenters. The van der Waals surface area contributed by atoms with Crippen LogP contribution in [0.25, 0.3) is 10.9 Å². The topological polar surface area (TPSA) is 34.6 Å². The highest BCUT2D eigenvalue weighted by Gasteiger charge is 2.40. The average molecular weight is 288 g/mol. The molecule has 2 aromatic rings. The molecule has 5 heteroatoms. The first-order chi connectivity index (χ1) is 10.3. The Balaban J connectivity index is 1.64. The molecule has 0 saturated carbocycles. The van der Waals surface area contributed by atoms with Crippen molar-refractivity contribution in [2.45, 2.75) is 18.6 Å². The van der Waals surface area contributed by atoms with Gasteiger partial charge in [0.2, 0.25) is 0 Å². The second kappa shape index (κ2) is 4.93. The maximum atomic E-state index is 13.9. The van der Waals surface area contributed by atoms with Gasteiger partial charge in [-0.25, -0.2) is 4.39 Å². The number of ether oxygens (including phenoxy) is 2. The summed E-state index contributed by atoms with van der Waals surface area (Å²) >= 11 is 0. The molecule has 0 N–H and O–H groups in total. The molecule has 4 rings (SSSR count). The number of halogens is 1. The van der Waals surface area contributed by atoms with Crippen molar-refractivity contribution in [2.24, 2.45) is 0 Å². The molecule has 0 unspecified atom stereocenters. The molecule has 3 heterocycles. The number of pyridine rings is 1. The van der Waals surface area contributed by atoms with Crippen molar-refractivity contribution in [3.63, 3.8) is 0 Å². The molecule has 0 amide bonds. The first-order valence-corrected chi connectivity index (χ1v) is 7.34. The van der Waals surface area contributed by atoms with Crippen LogP contribution in [0.2, 0.25) is 0 Å². The van der Waals surface area contributed by atoms with Gasteiger partial charge in [0.1, 0.15) is 5.82 Å². The number of hydrogen-bond donors (Lipinski definition) is 0. The molecule has 2 fully saturated rings. The highest BCUT2D eigenvalue weighted by Crippen LogP contribution is 2.35. The molecule has 2 aliphatic rings. The quantitative estimate of drug-likeness (QED) is 0.808. The van der Waals surface area contributed by atoms with E-state index in [1.54, 1.807) is 18.3 Å². The minimum Gasteiger partial charge on any atom is -0.369 e. The van der Waals surface area contributed by atoms with Crippen LogP contribution < -0.4 is 4.90 Å². The van der Waals surface area contributed by atoms with Gasteiger partial charge in [-0.15, -0.1) is 0 Å². The Morgan fingerprint density at radius 1 is 1.10 bits per heavy atom. The maximum Gasteiger partial charge on any atom is 0.171 e. The van der Waals surface area contributed by atoms with E-state index in [0.29, 0.717) is 18.6 Å². The fourth-order valence-electron chi connectivity index (χ4n) is 3.25. The van der Waals surface area contributed by atoms with Crippen LogP contribution in [0.15, 0.2) is 30.5 Å². The van der Waals surface area contributed by atoms with Gasteiger partial charge < -0.3 is 14.4 Å². The van der Waals surface area contributed by atoms with Crippen LogP contribution in [0.4, 0.5) is 10.1 Å². The molecule has 1 spiro atoms. The van der Waals surface area contributed by atoms with E-state index in [9.17, 15) is 4.39 Å². The Morgan fingerprint density at radius 2 is 1.86 bits per heavy atom. The highest BCUT2D eigenvalue weighted by atomic mass is 19.1. The third-order valence-electron chi connectivity index (χ3n) is 4.37. The van der Waals surface area contributed by atoms with Crippen LogP contribution in [0, 0.1) is 5.82 Å². The van der Waals surface area contributed by atoms with E-state index in [0.717, 1.165) is 37.1 Å². The molecule has 110 valence electrons. The Kier molecular flexibility index (Phi) is 3.05. The van der Waals surface area contributed by atoms with E-state index in [1.807, 2.05) is 6.07 Å². The monoisotopic (exact) mass is 288 g/mol. The third-order valence-corrected chi connectivity index (χ3v) is 4.37. The van der Waals surface area contributed by atoms with Gasteiger partial charge in [-0.1, -0.05) is 0 Å². The van der Waals surface area contributed by atoms with Crippen molar-refractivity contribution in [2.75, 3.05) is 31.2 Å². The molecule has 0 radical (unpaired) electrons. The van der Waals surface area contributed by atoms with Gasteiger partial charge in [0.05, 0.1) is 24.4 Å². The molecular formula is C16H17FN2O2. The summed E-state index contributed by atoms with van der Waals surface area (Å²) in [6.45, 7) is 3.02. The van der Waals surface area contributed by atoms with Crippen LogP contribution in [-0.4, -0.2) is 37.1 Å². The zero-order chi connectivity index (χ0) is 14.3. The summed E-state index contributed by atoms with van der Waals surface area (Å²) in [6, 6.07) is 6.88. The number of fused-ring (bicyclic) bond motifs is 1. The number of rotatable bonds is 1. The Hall–Kier alpha value is -1.72. The molecule has 0 aliphatic carbocycles. The second-order valence-electron chi connectivity index (χ2n) is 5.56. The van der Waals surface area contributed by atoms with Gasteiger partial charge in [-0.2, -0.15) is 0 Å². The summed E-state index contributed by atoms with van der Waals surface area (Å²) in [5, 5.41) is 0.573. The number of nitrogens with zero attached hydrogens (tertiary/aromatic N) is 2. The fraction of sp³-hybridized carbons (Fsp3) is 0.438. The summed E-state index contributed by atoms with van der Waals surface area (Å²) in [6.07, 6.45) is 3.37. The highest BCUT2D eigenvalue weighted by molar-refractivity contribution is 5.91. The SMILES string of the molecule is Fc1ccc(N2CCC3(CC2)OCCO3)c2ncccc12. The van der Waals surface area contributed by atoms with Gasteiger partial charge in [0.25, 0.3) is 0 Å². The largest absolute Gasteiger partial charge is 0.369 e. The predicted octanol–water partition coefficient (Wildman–Crippen LogP) is 2.72. The summed E-state index contributed by atoms with van der Waals surface area (Å²) in [4.78, 5) is 6.60. The number of hydrogen-bond acceptors (Lipinski definition) is 4. The summed E-state index contributed by atoms with van der Waals surface area (Å²) in [5.41, 5.74) is 1.71. The van der Waals surface area contributed by atoms with Crippen molar-refractivity contribution in [3.05, 3.63) is 36.3 Å². The number of anilines is 1. The van der Waals surface area contributed by atoms with E-state index in [-0.39, 0.29) is 11.6 Å². The molecule has 1 aromatic carbocycles. The van der Waals surface area contributed by atoms with Crippen LogP contribution >= 0.6 is 0 Å². The zero-order valence-electron chi connectivity index (χ0n) is 11.7. The Labute approximate surface area is 122 Å². The normalized spacial score (nSPS) is 21.3. The van der Waals surface area contributed by atoms with Gasteiger partial charge in [0, 0.05) is 37.5 Å². The van der Waals surface area contributed by atoms with Crippen molar-refractivity contribution < 1.29 is 13.9 Å². The number of piperidine rings is 1. The molecule has 2 saturated heterocycles. The average Bonchev–Trinajstić information content (AvgIpc) is 2.98. The Bertz CT molecular complexity index is 660. The third kappa shape index (κ3) is 2.17. The lowest BCUT2D eigenvalue weighted by atomic mass is 10.0. The van der Waals surface area contributed by atoms with Crippen molar-refractivity contribution in [1.29, 1.82) is 0 Å². The minimum absolute atomic E-state index is 0.224. The fourth-order valence-corrected chi connectivity index (χ4v) is 3.25. The second-order valence-corrected chi connectivity index (χ2v) is 5.56. The van der Waals surface area contributed by atoms with Crippen LogP contribution in [0.3, 0.4) is 0 Å². The van der Waals surface area contributed by atoms with Crippen LogP contribution in [0.1, 0.15) is 12.8 Å². The first kappa shape index (κ1) is 13.0. The van der Waals surface area contributed by atoms with E-state index < -0.39 is 0 Å². The van der Waals surface area contributed by atoms with E-state index >= 15 is 0 Å². The van der Waals surface area contributed by atoms with E-state index in [4.69, 9.17) is 9.47 Å². The molecule has 2 aliphatic heterocycles. The van der Waals surface area contributed by atoms with E-state index in [2.05, 4.69) is 9.88 Å². The minimum atomic E-state index is -0.389. The Morgan fingerprint density at radius 3 is 2.62 bits per heavy atom. The zero-order valence-corrected chi connectivity index (χ0v) is 11.7. The predicted molar refractivity (Wildman–Crippen MR) is 77.8 cm³/mol. The first-order valence-electron chi connectivity index (χ1n) is 7.34. The lowest BCUT2D eigenvalue weighted by Gasteiger charge is -2.38. The van der Waals surface area contributed by atoms with Crippen molar-refractivity contribution in [1.82, 2.24) is 4.98 Å². The van der Waals surface area contributed by atoms with Gasteiger partial charge in [0.15, 0.2) is 5.79 Å². The van der Waals surface area contributed by atoms with Gasteiger partial charge in [-0.3, -0.25) is 4.98 Å². The van der Waals surface area contributed by atoms with Crippen molar-refractivity contribution in [3.8, 4) is 0 Å². The van der Waals surface area contributed by atoms with Crippen LogP contribution in [0.5, 0.6) is 0 Å². The summed E-state index contributed by atoms with van der Waals surface area (Å²) < 4.78 is 25.4. The number of aromatic nitrogens is 1. The standard InChI is InChI=1S/C16H17FN2O2/c17-13-3-4-14(15-12(13)2-1-7-18-15)19-8-5-16(6-9-19)20-10-11-21-16/h1-4,7H,5-6,8-11H2. The molecular weight excluding hydrogens is 271 g/mol. The number of benzene rings is 1. The lowest BCUT2D eigenvalue weighted by molar-refractivity contribution is -0.169. The smallest absolute Gasteiger partial charge is 0.171 e.